The van der Waals surface area contributed by atoms with Crippen molar-refractivity contribution in [2.24, 2.45) is 4.99 Å². The minimum Gasteiger partial charge on any atom is -0.355 e. The van der Waals surface area contributed by atoms with E-state index in [0.717, 1.165) is 12.5 Å². The Hall–Kier alpha value is -1.30. The highest BCUT2D eigenvalue weighted by Crippen LogP contribution is 2.35. The molecule has 1 saturated heterocycles. The van der Waals surface area contributed by atoms with Crippen molar-refractivity contribution in [1.82, 2.24) is 20.9 Å². The van der Waals surface area contributed by atoms with Crippen LogP contribution in [0.1, 0.15) is 72.1 Å². The highest BCUT2D eigenvalue weighted by Gasteiger charge is 2.38. The largest absolute Gasteiger partial charge is 0.355 e. The van der Waals surface area contributed by atoms with Crippen molar-refractivity contribution < 1.29 is 4.79 Å². The van der Waals surface area contributed by atoms with Gasteiger partial charge in [0.1, 0.15) is 0 Å². The molecule has 0 spiro atoms. The normalized spacial score (nSPS) is 21.9. The van der Waals surface area contributed by atoms with Gasteiger partial charge >= 0.3 is 0 Å². The predicted molar refractivity (Wildman–Crippen MR) is 109 cm³/mol. The topological polar surface area (TPSA) is 68.8 Å². The van der Waals surface area contributed by atoms with Crippen LogP contribution in [-0.2, 0) is 4.79 Å². The van der Waals surface area contributed by atoms with E-state index >= 15 is 0 Å². The van der Waals surface area contributed by atoms with Gasteiger partial charge in [-0.05, 0) is 59.5 Å². The average molecular weight is 366 g/mol. The van der Waals surface area contributed by atoms with Crippen molar-refractivity contribution in [3.05, 3.63) is 0 Å². The van der Waals surface area contributed by atoms with Gasteiger partial charge in [0.2, 0.25) is 5.91 Å². The summed E-state index contributed by atoms with van der Waals surface area (Å²) < 4.78 is 0. The number of carbonyl (C=O) groups is 1. The minimum absolute atomic E-state index is 0.0103. The fraction of sp³-hybridized carbons (Fsp3) is 0.900. The quantitative estimate of drug-likeness (QED) is 0.516. The van der Waals surface area contributed by atoms with Crippen LogP contribution in [0.25, 0.3) is 0 Å². The van der Waals surface area contributed by atoms with E-state index in [1.807, 2.05) is 20.8 Å². The molecular formula is C20H39N5O. The van der Waals surface area contributed by atoms with Gasteiger partial charge in [-0.3, -0.25) is 14.7 Å². The van der Waals surface area contributed by atoms with Crippen LogP contribution in [0.3, 0.4) is 0 Å². The number of aliphatic imine (C=N–C) groups is 1. The molecule has 0 aromatic heterocycles. The third-order valence-electron chi connectivity index (χ3n) is 5.55. The molecule has 1 aliphatic carbocycles. The first-order chi connectivity index (χ1) is 12.3. The number of amides is 1. The van der Waals surface area contributed by atoms with Crippen LogP contribution in [0.5, 0.6) is 0 Å². The van der Waals surface area contributed by atoms with E-state index in [2.05, 4.69) is 25.8 Å². The molecule has 0 aromatic rings. The second kappa shape index (κ2) is 9.58. The first-order valence-corrected chi connectivity index (χ1v) is 10.4. The van der Waals surface area contributed by atoms with E-state index in [0.29, 0.717) is 0 Å². The third-order valence-corrected chi connectivity index (χ3v) is 5.55. The van der Waals surface area contributed by atoms with Crippen molar-refractivity contribution in [2.75, 3.05) is 33.2 Å². The lowest BCUT2D eigenvalue weighted by molar-refractivity contribution is -0.121. The Morgan fingerprint density at radius 2 is 1.62 bits per heavy atom. The standard InChI is InChI=1S/C20H39N5O/c1-19(2,3)24-17(26)15-22-18(21-4)23-16-20(11-7-5-8-12-20)25-13-9-6-10-14-25/h5-16H2,1-4H3,(H,24,26)(H2,21,22,23). The maximum Gasteiger partial charge on any atom is 0.239 e. The summed E-state index contributed by atoms with van der Waals surface area (Å²) in [7, 11) is 1.77. The van der Waals surface area contributed by atoms with E-state index in [1.165, 1.54) is 64.5 Å². The minimum atomic E-state index is -0.212. The summed E-state index contributed by atoms with van der Waals surface area (Å²) in [5.74, 6) is 0.708. The molecule has 0 atom stereocenters. The molecular weight excluding hydrogens is 326 g/mol. The van der Waals surface area contributed by atoms with Crippen LogP contribution in [0, 0.1) is 0 Å². The van der Waals surface area contributed by atoms with E-state index in [1.54, 1.807) is 7.05 Å². The van der Waals surface area contributed by atoms with Gasteiger partial charge in [0.05, 0.1) is 6.54 Å². The maximum atomic E-state index is 12.0. The third kappa shape index (κ3) is 6.45. The maximum absolute atomic E-state index is 12.0. The zero-order valence-electron chi connectivity index (χ0n) is 17.3. The molecule has 0 aromatic carbocycles. The number of carbonyl (C=O) groups excluding carboxylic acids is 1. The van der Waals surface area contributed by atoms with Crippen molar-refractivity contribution in [2.45, 2.75) is 83.2 Å². The van der Waals surface area contributed by atoms with E-state index in [4.69, 9.17) is 0 Å². The molecule has 0 bridgehead atoms. The van der Waals surface area contributed by atoms with Crippen molar-refractivity contribution in [3.63, 3.8) is 0 Å². The summed E-state index contributed by atoms with van der Waals surface area (Å²) in [5.41, 5.74) is 0.0418. The van der Waals surface area contributed by atoms with Crippen molar-refractivity contribution >= 4 is 11.9 Å². The molecule has 0 unspecified atom stereocenters. The van der Waals surface area contributed by atoms with Crippen LogP contribution >= 0.6 is 0 Å². The predicted octanol–water partition coefficient (Wildman–Crippen LogP) is 2.25. The Bertz CT molecular complexity index is 471. The number of nitrogens with zero attached hydrogens (tertiary/aromatic N) is 2. The highest BCUT2D eigenvalue weighted by molar-refractivity contribution is 5.86. The van der Waals surface area contributed by atoms with E-state index < -0.39 is 0 Å². The van der Waals surface area contributed by atoms with Crippen LogP contribution in [0.15, 0.2) is 4.99 Å². The number of hydrogen-bond donors (Lipinski definition) is 3. The number of rotatable bonds is 5. The molecule has 1 amide bonds. The van der Waals surface area contributed by atoms with Gasteiger partial charge in [-0.25, -0.2) is 0 Å². The number of piperidine rings is 1. The van der Waals surface area contributed by atoms with Gasteiger partial charge in [-0.15, -0.1) is 0 Å². The molecule has 0 radical (unpaired) electrons. The van der Waals surface area contributed by atoms with Crippen molar-refractivity contribution in [3.8, 4) is 0 Å². The second-order valence-corrected chi connectivity index (χ2v) is 8.91. The molecule has 6 nitrogen and oxygen atoms in total. The summed E-state index contributed by atoms with van der Waals surface area (Å²) in [4.78, 5) is 19.1. The zero-order chi connectivity index (χ0) is 19.0. The number of likely N-dealkylation sites (tertiary alicyclic amines) is 1. The lowest BCUT2D eigenvalue weighted by Gasteiger charge is -2.48. The van der Waals surface area contributed by atoms with Crippen LogP contribution < -0.4 is 16.0 Å². The van der Waals surface area contributed by atoms with Gasteiger partial charge in [0.25, 0.3) is 0 Å². The number of hydrogen-bond acceptors (Lipinski definition) is 3. The molecule has 2 aliphatic rings. The molecule has 26 heavy (non-hydrogen) atoms. The molecule has 1 aliphatic heterocycles. The van der Waals surface area contributed by atoms with Crippen LogP contribution in [-0.4, -0.2) is 61.1 Å². The van der Waals surface area contributed by atoms with Crippen LogP contribution in [0.4, 0.5) is 0 Å². The molecule has 2 rings (SSSR count). The van der Waals surface area contributed by atoms with Gasteiger partial charge < -0.3 is 16.0 Å². The molecule has 1 saturated carbocycles. The van der Waals surface area contributed by atoms with Gasteiger partial charge in [0, 0.05) is 24.7 Å². The first kappa shape index (κ1) is 21.0. The molecule has 150 valence electrons. The van der Waals surface area contributed by atoms with E-state index in [9.17, 15) is 4.79 Å². The lowest BCUT2D eigenvalue weighted by Crippen LogP contribution is -2.59. The summed E-state index contributed by atoms with van der Waals surface area (Å²) in [5, 5.41) is 9.64. The summed E-state index contributed by atoms with van der Waals surface area (Å²) in [6, 6.07) is 0. The summed E-state index contributed by atoms with van der Waals surface area (Å²) in [6.07, 6.45) is 10.5. The Labute approximate surface area is 159 Å². The Kier molecular flexibility index (Phi) is 7.74. The SMILES string of the molecule is CN=C(NCC(=O)NC(C)(C)C)NCC1(N2CCCCC2)CCCCC1. The summed E-state index contributed by atoms with van der Waals surface area (Å²) >= 11 is 0. The molecule has 2 fully saturated rings. The first-order valence-electron chi connectivity index (χ1n) is 10.4. The molecule has 6 heteroatoms. The zero-order valence-corrected chi connectivity index (χ0v) is 17.3. The van der Waals surface area contributed by atoms with Crippen molar-refractivity contribution in [1.29, 1.82) is 0 Å². The fourth-order valence-corrected chi connectivity index (χ4v) is 4.28. The fourth-order valence-electron chi connectivity index (χ4n) is 4.28. The average Bonchev–Trinajstić information content (AvgIpc) is 2.62. The lowest BCUT2D eigenvalue weighted by atomic mass is 9.79. The van der Waals surface area contributed by atoms with E-state index in [-0.39, 0.29) is 23.5 Å². The monoisotopic (exact) mass is 365 g/mol. The summed E-state index contributed by atoms with van der Waals surface area (Å²) in [6.45, 7) is 9.57. The van der Waals surface area contributed by atoms with Gasteiger partial charge in [-0.2, -0.15) is 0 Å². The molecule has 1 heterocycles. The second-order valence-electron chi connectivity index (χ2n) is 8.91. The van der Waals surface area contributed by atoms with Gasteiger partial charge in [0.15, 0.2) is 5.96 Å². The number of guanidine groups is 1. The van der Waals surface area contributed by atoms with Crippen LogP contribution in [0.2, 0.25) is 0 Å². The number of nitrogens with one attached hydrogen (secondary N) is 3. The van der Waals surface area contributed by atoms with Gasteiger partial charge in [-0.1, -0.05) is 25.7 Å². The Morgan fingerprint density at radius 1 is 1.00 bits per heavy atom. The smallest absolute Gasteiger partial charge is 0.239 e. The Morgan fingerprint density at radius 3 is 2.19 bits per heavy atom. The molecule has 3 N–H and O–H groups in total. The highest BCUT2D eigenvalue weighted by atomic mass is 16.2. The Balaban J connectivity index is 1.88.